The lowest BCUT2D eigenvalue weighted by molar-refractivity contribution is 0.593. The molecular formula is C13H14FN. The van der Waals surface area contributed by atoms with E-state index in [1.54, 1.807) is 6.07 Å². The average Bonchev–Trinajstić information content (AvgIpc) is 2.15. The average molecular weight is 203 g/mol. The predicted octanol–water partition coefficient (Wildman–Crippen LogP) is 3.67. The van der Waals surface area contributed by atoms with Crippen LogP contribution in [0, 0.1) is 5.82 Å². The van der Waals surface area contributed by atoms with Crippen molar-refractivity contribution < 1.29 is 4.39 Å². The monoisotopic (exact) mass is 203 g/mol. The molecule has 1 aromatic heterocycles. The van der Waals surface area contributed by atoms with Crippen LogP contribution in [-0.2, 0) is 5.41 Å². The standard InChI is InChI=1S/C13H14FN/c1-13(2,3)11-5-4-6-12-10(11)7-9(14)8-15-12/h4-8H,1-3H3. The molecule has 0 radical (unpaired) electrons. The first-order chi connectivity index (χ1) is 6.98. The second kappa shape index (κ2) is 3.30. The van der Waals surface area contributed by atoms with Gasteiger partial charge in [0, 0.05) is 5.39 Å². The summed E-state index contributed by atoms with van der Waals surface area (Å²) in [5.74, 6) is -0.279. The van der Waals surface area contributed by atoms with Gasteiger partial charge in [-0.25, -0.2) is 4.39 Å². The maximum atomic E-state index is 13.1. The van der Waals surface area contributed by atoms with Gasteiger partial charge in [0.05, 0.1) is 11.7 Å². The van der Waals surface area contributed by atoms with Gasteiger partial charge < -0.3 is 0 Å². The second-order valence-corrected chi connectivity index (χ2v) is 4.78. The number of hydrogen-bond acceptors (Lipinski definition) is 1. The van der Waals surface area contributed by atoms with Crippen LogP contribution in [0.2, 0.25) is 0 Å². The molecule has 1 heterocycles. The van der Waals surface area contributed by atoms with E-state index in [2.05, 4.69) is 25.8 Å². The van der Waals surface area contributed by atoms with Crippen molar-refractivity contribution in [1.82, 2.24) is 4.98 Å². The number of nitrogens with zero attached hydrogens (tertiary/aromatic N) is 1. The van der Waals surface area contributed by atoms with E-state index < -0.39 is 0 Å². The first-order valence-electron chi connectivity index (χ1n) is 5.03. The molecule has 0 N–H and O–H groups in total. The predicted molar refractivity (Wildman–Crippen MR) is 60.4 cm³/mol. The van der Waals surface area contributed by atoms with Gasteiger partial charge in [0.25, 0.3) is 0 Å². The molecule has 0 saturated heterocycles. The summed E-state index contributed by atoms with van der Waals surface area (Å²) in [6.07, 6.45) is 1.26. The quantitative estimate of drug-likeness (QED) is 0.636. The summed E-state index contributed by atoms with van der Waals surface area (Å²) >= 11 is 0. The van der Waals surface area contributed by atoms with Crippen LogP contribution in [0.5, 0.6) is 0 Å². The largest absolute Gasteiger partial charge is 0.253 e. The zero-order chi connectivity index (χ0) is 11.1. The molecule has 0 saturated carbocycles. The Morgan fingerprint density at radius 2 is 1.93 bits per heavy atom. The number of hydrogen-bond donors (Lipinski definition) is 0. The topological polar surface area (TPSA) is 12.9 Å². The molecule has 2 rings (SSSR count). The van der Waals surface area contributed by atoms with Crippen molar-refractivity contribution >= 4 is 10.9 Å². The van der Waals surface area contributed by atoms with Crippen molar-refractivity contribution in [1.29, 1.82) is 0 Å². The van der Waals surface area contributed by atoms with Gasteiger partial charge in [-0.1, -0.05) is 32.9 Å². The van der Waals surface area contributed by atoms with Crippen molar-refractivity contribution in [3.05, 3.63) is 41.8 Å². The zero-order valence-corrected chi connectivity index (χ0v) is 9.21. The fraction of sp³-hybridized carbons (Fsp3) is 0.308. The Hall–Kier alpha value is -1.44. The van der Waals surface area contributed by atoms with Gasteiger partial charge in [0.2, 0.25) is 0 Å². The van der Waals surface area contributed by atoms with Crippen LogP contribution in [0.1, 0.15) is 26.3 Å². The van der Waals surface area contributed by atoms with Gasteiger partial charge in [-0.3, -0.25) is 4.98 Å². The van der Waals surface area contributed by atoms with Crippen molar-refractivity contribution in [2.75, 3.05) is 0 Å². The fourth-order valence-electron chi connectivity index (χ4n) is 1.78. The number of halogens is 1. The van der Waals surface area contributed by atoms with Crippen LogP contribution in [-0.4, -0.2) is 4.98 Å². The van der Waals surface area contributed by atoms with Gasteiger partial charge in [0.15, 0.2) is 0 Å². The fourth-order valence-corrected chi connectivity index (χ4v) is 1.78. The summed E-state index contributed by atoms with van der Waals surface area (Å²) in [4.78, 5) is 4.08. The van der Waals surface area contributed by atoms with E-state index in [9.17, 15) is 4.39 Å². The maximum Gasteiger partial charge on any atom is 0.142 e. The molecule has 0 amide bonds. The molecule has 0 aliphatic heterocycles. The van der Waals surface area contributed by atoms with Gasteiger partial charge in [-0.2, -0.15) is 0 Å². The first-order valence-corrected chi connectivity index (χ1v) is 5.03. The Kier molecular flexibility index (Phi) is 2.22. The molecule has 0 fully saturated rings. The van der Waals surface area contributed by atoms with Crippen molar-refractivity contribution in [2.45, 2.75) is 26.2 Å². The summed E-state index contributed by atoms with van der Waals surface area (Å²) in [5.41, 5.74) is 1.99. The van der Waals surface area contributed by atoms with Crippen LogP contribution in [0.4, 0.5) is 4.39 Å². The summed E-state index contributed by atoms with van der Waals surface area (Å²) in [6, 6.07) is 7.46. The zero-order valence-electron chi connectivity index (χ0n) is 9.21. The van der Waals surface area contributed by atoms with E-state index in [1.807, 2.05) is 18.2 Å². The molecule has 1 aromatic carbocycles. The SMILES string of the molecule is CC(C)(C)c1cccc2ncc(F)cc12. The lowest BCUT2D eigenvalue weighted by atomic mass is 9.84. The Bertz CT molecular complexity index is 497. The Morgan fingerprint density at radius 3 is 2.60 bits per heavy atom. The van der Waals surface area contributed by atoms with Gasteiger partial charge in [0.1, 0.15) is 5.82 Å². The second-order valence-electron chi connectivity index (χ2n) is 4.78. The molecule has 0 aliphatic rings. The highest BCUT2D eigenvalue weighted by Gasteiger charge is 2.16. The summed E-state index contributed by atoms with van der Waals surface area (Å²) in [7, 11) is 0. The highest BCUT2D eigenvalue weighted by atomic mass is 19.1. The van der Waals surface area contributed by atoms with E-state index in [0.29, 0.717) is 0 Å². The van der Waals surface area contributed by atoms with Crippen molar-refractivity contribution in [3.8, 4) is 0 Å². The van der Waals surface area contributed by atoms with Crippen LogP contribution >= 0.6 is 0 Å². The smallest absolute Gasteiger partial charge is 0.142 e. The number of benzene rings is 1. The molecular weight excluding hydrogens is 189 g/mol. The number of rotatable bonds is 0. The molecule has 0 spiro atoms. The molecule has 2 heteroatoms. The molecule has 0 aliphatic carbocycles. The van der Waals surface area contributed by atoms with E-state index in [-0.39, 0.29) is 11.2 Å². The van der Waals surface area contributed by atoms with Crippen LogP contribution in [0.15, 0.2) is 30.5 Å². The van der Waals surface area contributed by atoms with E-state index in [4.69, 9.17) is 0 Å². The summed E-state index contributed by atoms with van der Waals surface area (Å²) < 4.78 is 13.1. The molecule has 15 heavy (non-hydrogen) atoms. The molecule has 0 atom stereocenters. The summed E-state index contributed by atoms with van der Waals surface area (Å²) in [6.45, 7) is 6.35. The Balaban J connectivity index is 2.80. The van der Waals surface area contributed by atoms with Crippen molar-refractivity contribution in [3.63, 3.8) is 0 Å². The van der Waals surface area contributed by atoms with Crippen LogP contribution in [0.25, 0.3) is 10.9 Å². The maximum absolute atomic E-state index is 13.1. The highest BCUT2D eigenvalue weighted by molar-refractivity contribution is 5.83. The third-order valence-corrected chi connectivity index (χ3v) is 2.50. The molecule has 2 aromatic rings. The molecule has 78 valence electrons. The van der Waals surface area contributed by atoms with E-state index >= 15 is 0 Å². The van der Waals surface area contributed by atoms with E-state index in [1.165, 1.54) is 6.20 Å². The highest BCUT2D eigenvalue weighted by Crippen LogP contribution is 2.29. The minimum absolute atomic E-state index is 0.00891. The van der Waals surface area contributed by atoms with Gasteiger partial charge in [-0.15, -0.1) is 0 Å². The number of fused-ring (bicyclic) bond motifs is 1. The molecule has 0 unspecified atom stereocenters. The number of pyridine rings is 1. The van der Waals surface area contributed by atoms with Crippen LogP contribution in [0.3, 0.4) is 0 Å². The Labute approximate surface area is 89.0 Å². The summed E-state index contributed by atoms with van der Waals surface area (Å²) in [5, 5.41) is 0.907. The minimum atomic E-state index is -0.279. The van der Waals surface area contributed by atoms with Crippen molar-refractivity contribution in [2.24, 2.45) is 0 Å². The van der Waals surface area contributed by atoms with Crippen LogP contribution < -0.4 is 0 Å². The number of aromatic nitrogens is 1. The molecule has 1 nitrogen and oxygen atoms in total. The lowest BCUT2D eigenvalue weighted by Crippen LogP contribution is -2.11. The minimum Gasteiger partial charge on any atom is -0.253 e. The third kappa shape index (κ3) is 1.84. The Morgan fingerprint density at radius 1 is 1.20 bits per heavy atom. The van der Waals surface area contributed by atoms with Gasteiger partial charge in [-0.05, 0) is 23.1 Å². The third-order valence-electron chi connectivity index (χ3n) is 2.50. The van der Waals surface area contributed by atoms with E-state index in [0.717, 1.165) is 16.5 Å². The lowest BCUT2D eigenvalue weighted by Gasteiger charge is -2.20. The van der Waals surface area contributed by atoms with Gasteiger partial charge >= 0.3 is 0 Å². The molecule has 0 bridgehead atoms. The normalized spacial score (nSPS) is 12.0. The first kappa shape index (κ1) is 10.1.